The number of carbonyl (C=O) groups is 2. The van der Waals surface area contributed by atoms with E-state index in [1.54, 1.807) is 18.2 Å². The van der Waals surface area contributed by atoms with E-state index >= 15 is 0 Å². The molecule has 114 valence electrons. The van der Waals surface area contributed by atoms with Crippen molar-refractivity contribution in [3.8, 4) is 0 Å². The Morgan fingerprint density at radius 1 is 1.32 bits per heavy atom. The lowest BCUT2D eigenvalue weighted by Gasteiger charge is -2.21. The van der Waals surface area contributed by atoms with Crippen molar-refractivity contribution >= 4 is 29.2 Å². The van der Waals surface area contributed by atoms with Crippen molar-refractivity contribution in [3.05, 3.63) is 29.8 Å². The van der Waals surface area contributed by atoms with Gasteiger partial charge in [-0.2, -0.15) is 0 Å². The van der Waals surface area contributed by atoms with Gasteiger partial charge >= 0.3 is 0 Å². The predicted octanol–water partition coefficient (Wildman–Crippen LogP) is 1.62. The molecule has 4 rings (SSSR count). The summed E-state index contributed by atoms with van der Waals surface area (Å²) in [4.78, 5) is 22.8. The smallest absolute Gasteiger partial charge is 0.251 e. The van der Waals surface area contributed by atoms with Gasteiger partial charge in [-0.1, -0.05) is 6.07 Å². The summed E-state index contributed by atoms with van der Waals surface area (Å²) in [5.41, 5.74) is 1.16. The van der Waals surface area contributed by atoms with Crippen LogP contribution >= 0.6 is 0 Å². The van der Waals surface area contributed by atoms with E-state index in [4.69, 9.17) is 4.42 Å². The fourth-order valence-electron chi connectivity index (χ4n) is 3.54. The second-order valence-corrected chi connectivity index (χ2v) is 5.99. The van der Waals surface area contributed by atoms with Crippen LogP contribution in [-0.4, -0.2) is 30.4 Å². The van der Waals surface area contributed by atoms with Crippen LogP contribution in [0.3, 0.4) is 0 Å². The number of rotatable bonds is 4. The monoisotopic (exact) mass is 299 g/mol. The van der Waals surface area contributed by atoms with E-state index < -0.39 is 0 Å². The fraction of sp³-hybridized carbons (Fsp3) is 0.375. The third-order valence-electron chi connectivity index (χ3n) is 4.60. The van der Waals surface area contributed by atoms with Crippen LogP contribution in [0.5, 0.6) is 0 Å². The SMILES string of the molecule is O=CNc1cc2ccc(C(=O)N[C@@H]3C[C@H]4CC[C@@H]3N4)cc2o1. The summed E-state index contributed by atoms with van der Waals surface area (Å²) in [5.74, 6) is 0.294. The van der Waals surface area contributed by atoms with Gasteiger partial charge in [0.1, 0.15) is 5.58 Å². The Balaban J connectivity index is 1.52. The zero-order valence-corrected chi connectivity index (χ0v) is 12.0. The van der Waals surface area contributed by atoms with Gasteiger partial charge in [0.2, 0.25) is 12.3 Å². The Bertz CT molecular complexity index is 739. The molecule has 2 aromatic rings. The van der Waals surface area contributed by atoms with Crippen molar-refractivity contribution in [2.45, 2.75) is 37.4 Å². The zero-order valence-electron chi connectivity index (χ0n) is 12.0. The van der Waals surface area contributed by atoms with Gasteiger partial charge in [-0.25, -0.2) is 0 Å². The van der Waals surface area contributed by atoms with E-state index in [9.17, 15) is 9.59 Å². The van der Waals surface area contributed by atoms with Gasteiger partial charge in [0.05, 0.1) is 0 Å². The third-order valence-corrected chi connectivity index (χ3v) is 4.60. The van der Waals surface area contributed by atoms with Crippen LogP contribution < -0.4 is 16.0 Å². The lowest BCUT2D eigenvalue weighted by Crippen LogP contribution is -2.42. The Morgan fingerprint density at radius 2 is 2.23 bits per heavy atom. The topological polar surface area (TPSA) is 83.4 Å². The van der Waals surface area contributed by atoms with E-state index in [-0.39, 0.29) is 11.9 Å². The van der Waals surface area contributed by atoms with Crippen molar-refractivity contribution in [3.63, 3.8) is 0 Å². The first-order valence-corrected chi connectivity index (χ1v) is 7.53. The van der Waals surface area contributed by atoms with Crippen molar-refractivity contribution in [2.75, 3.05) is 5.32 Å². The maximum Gasteiger partial charge on any atom is 0.251 e. The highest BCUT2D eigenvalue weighted by Crippen LogP contribution is 2.29. The predicted molar refractivity (Wildman–Crippen MR) is 81.7 cm³/mol. The van der Waals surface area contributed by atoms with Crippen LogP contribution in [0.2, 0.25) is 0 Å². The number of nitrogens with one attached hydrogen (secondary N) is 3. The lowest BCUT2D eigenvalue weighted by atomic mass is 9.95. The first kappa shape index (κ1) is 13.3. The molecule has 3 N–H and O–H groups in total. The molecular formula is C16H17N3O3. The number of carbonyl (C=O) groups excluding carboxylic acids is 2. The Morgan fingerprint density at radius 3 is 2.95 bits per heavy atom. The number of benzene rings is 1. The van der Waals surface area contributed by atoms with Crippen LogP contribution in [-0.2, 0) is 4.79 Å². The molecule has 22 heavy (non-hydrogen) atoms. The van der Waals surface area contributed by atoms with Gasteiger partial charge in [-0.3, -0.25) is 14.9 Å². The quantitative estimate of drug-likeness (QED) is 0.749. The van der Waals surface area contributed by atoms with Gasteiger partial charge in [-0.15, -0.1) is 0 Å². The lowest BCUT2D eigenvalue weighted by molar-refractivity contribution is -0.105. The van der Waals surface area contributed by atoms with Crippen molar-refractivity contribution in [2.24, 2.45) is 0 Å². The second-order valence-electron chi connectivity index (χ2n) is 5.99. The Kier molecular flexibility index (Phi) is 3.11. The maximum atomic E-state index is 12.4. The van der Waals surface area contributed by atoms with Gasteiger partial charge in [0.15, 0.2) is 0 Å². The summed E-state index contributed by atoms with van der Waals surface area (Å²) >= 11 is 0. The maximum absolute atomic E-state index is 12.4. The molecule has 3 heterocycles. The first-order valence-electron chi connectivity index (χ1n) is 7.53. The molecule has 0 aliphatic carbocycles. The van der Waals surface area contributed by atoms with E-state index in [0.717, 1.165) is 18.2 Å². The minimum atomic E-state index is -0.0810. The summed E-state index contributed by atoms with van der Waals surface area (Å²) < 4.78 is 5.48. The number of furan rings is 1. The summed E-state index contributed by atoms with van der Waals surface area (Å²) in [6.07, 6.45) is 3.91. The number of hydrogen-bond acceptors (Lipinski definition) is 4. The average molecular weight is 299 g/mol. The fourth-order valence-corrected chi connectivity index (χ4v) is 3.54. The van der Waals surface area contributed by atoms with Crippen molar-refractivity contribution < 1.29 is 14.0 Å². The largest absolute Gasteiger partial charge is 0.440 e. The van der Waals surface area contributed by atoms with Gasteiger partial charge < -0.3 is 15.1 Å². The van der Waals surface area contributed by atoms with Crippen LogP contribution in [0.25, 0.3) is 11.0 Å². The molecule has 0 saturated carbocycles. The standard InChI is InChI=1S/C16H17N3O3/c20-8-17-15-6-9-1-2-10(5-14(9)22-15)16(21)19-13-7-11-3-4-12(13)18-11/h1-2,5-6,8,11-13,18H,3-4,7H2,(H,17,20)(H,19,21)/t11-,12+,13-/m1/s1. The number of fused-ring (bicyclic) bond motifs is 3. The van der Waals surface area contributed by atoms with Crippen LogP contribution in [0, 0.1) is 0 Å². The summed E-state index contributed by atoms with van der Waals surface area (Å²) in [6, 6.07) is 8.21. The van der Waals surface area contributed by atoms with Crippen LogP contribution in [0.15, 0.2) is 28.7 Å². The average Bonchev–Trinajstić information content (AvgIpc) is 3.20. The van der Waals surface area contributed by atoms with Gasteiger partial charge in [0, 0.05) is 35.1 Å². The molecule has 1 aromatic carbocycles. The molecule has 3 atom stereocenters. The van der Waals surface area contributed by atoms with E-state index in [0.29, 0.717) is 35.5 Å². The molecule has 2 aliphatic rings. The first-order chi connectivity index (χ1) is 10.7. The highest BCUT2D eigenvalue weighted by Gasteiger charge is 2.39. The molecule has 2 saturated heterocycles. The summed E-state index contributed by atoms with van der Waals surface area (Å²) in [5, 5.41) is 9.93. The number of hydrogen-bond donors (Lipinski definition) is 3. The minimum absolute atomic E-state index is 0.0810. The highest BCUT2D eigenvalue weighted by molar-refractivity contribution is 5.98. The van der Waals surface area contributed by atoms with E-state index in [2.05, 4.69) is 16.0 Å². The van der Waals surface area contributed by atoms with Gasteiger partial charge in [0.25, 0.3) is 5.91 Å². The number of anilines is 1. The molecule has 6 nitrogen and oxygen atoms in total. The Hall–Kier alpha value is -2.34. The van der Waals surface area contributed by atoms with Crippen LogP contribution in [0.1, 0.15) is 29.6 Å². The Labute approximate surface area is 127 Å². The molecule has 2 bridgehead atoms. The zero-order chi connectivity index (χ0) is 15.1. The van der Waals surface area contributed by atoms with Gasteiger partial charge in [-0.05, 0) is 31.4 Å². The molecule has 2 aliphatic heterocycles. The van der Waals surface area contributed by atoms with Crippen LogP contribution in [0.4, 0.5) is 5.88 Å². The molecular weight excluding hydrogens is 282 g/mol. The third kappa shape index (κ3) is 2.25. The molecule has 2 fully saturated rings. The molecule has 2 amide bonds. The van der Waals surface area contributed by atoms with E-state index in [1.807, 2.05) is 6.07 Å². The molecule has 6 heteroatoms. The number of amides is 2. The molecule has 1 aromatic heterocycles. The van der Waals surface area contributed by atoms with Crippen molar-refractivity contribution in [1.82, 2.24) is 10.6 Å². The second kappa shape index (κ2) is 5.14. The molecule has 0 spiro atoms. The summed E-state index contributed by atoms with van der Waals surface area (Å²) in [7, 11) is 0. The molecule has 0 radical (unpaired) electrons. The normalized spacial score (nSPS) is 26.3. The summed E-state index contributed by atoms with van der Waals surface area (Å²) in [6.45, 7) is 0. The highest BCUT2D eigenvalue weighted by atomic mass is 16.4. The van der Waals surface area contributed by atoms with Crippen molar-refractivity contribution in [1.29, 1.82) is 0 Å². The molecule has 0 unspecified atom stereocenters. The minimum Gasteiger partial charge on any atom is -0.440 e. The van der Waals surface area contributed by atoms with E-state index in [1.165, 1.54) is 6.42 Å².